The monoisotopic (exact) mass is 343 g/mol. The van der Waals surface area contributed by atoms with E-state index in [2.05, 4.69) is 27.5 Å². The minimum atomic E-state index is -0.261. The first kappa shape index (κ1) is 17.3. The fourth-order valence-electron chi connectivity index (χ4n) is 2.81. The highest BCUT2D eigenvalue weighted by Gasteiger charge is 2.20. The number of nitrogens with zero attached hydrogens (tertiary/aromatic N) is 4. The van der Waals surface area contributed by atoms with Gasteiger partial charge in [-0.1, -0.05) is 6.92 Å². The van der Waals surface area contributed by atoms with Gasteiger partial charge in [-0.3, -0.25) is 5.32 Å². The van der Waals surface area contributed by atoms with Gasteiger partial charge >= 0.3 is 0 Å². The van der Waals surface area contributed by atoms with Crippen molar-refractivity contribution in [3.63, 3.8) is 0 Å². The zero-order chi connectivity index (χ0) is 18.0. The first-order valence-electron chi connectivity index (χ1n) is 8.38. The van der Waals surface area contributed by atoms with Crippen LogP contribution in [-0.2, 0) is 6.42 Å². The second kappa shape index (κ2) is 7.14. The van der Waals surface area contributed by atoms with Crippen molar-refractivity contribution in [2.75, 3.05) is 0 Å². The summed E-state index contributed by atoms with van der Waals surface area (Å²) >= 11 is 0. The molecule has 0 aliphatic heterocycles. The largest absolute Gasteiger partial charge is 0.424 e. The van der Waals surface area contributed by atoms with E-state index >= 15 is 0 Å². The smallest absolute Gasteiger partial charge is 0.233 e. The van der Waals surface area contributed by atoms with E-state index in [9.17, 15) is 4.39 Å². The number of aryl methyl sites for hydroxylation is 1. The Hall–Kier alpha value is -2.54. The standard InChI is InChI=1S/C18H22FN5O/c1-5-17-22-23-18(25-17)12(3)21-11(2)16-10-20-24(13(16)4)15-8-6-14(19)7-9-15/h6-12,21H,5H2,1-4H3/t11-,12+/m0/s1. The van der Waals surface area contributed by atoms with Crippen LogP contribution >= 0.6 is 0 Å². The quantitative estimate of drug-likeness (QED) is 0.739. The molecule has 1 aromatic carbocycles. The van der Waals surface area contributed by atoms with Gasteiger partial charge in [-0.2, -0.15) is 5.10 Å². The van der Waals surface area contributed by atoms with Gasteiger partial charge in [0, 0.05) is 23.7 Å². The van der Waals surface area contributed by atoms with Crippen LogP contribution in [0, 0.1) is 12.7 Å². The molecule has 0 unspecified atom stereocenters. The van der Waals surface area contributed by atoms with E-state index in [0.717, 1.165) is 23.4 Å². The van der Waals surface area contributed by atoms with Crippen molar-refractivity contribution in [2.45, 2.75) is 46.2 Å². The second-order valence-electron chi connectivity index (χ2n) is 6.07. The number of halogens is 1. The predicted octanol–water partition coefficient (Wildman–Crippen LogP) is 3.68. The van der Waals surface area contributed by atoms with Gasteiger partial charge in [-0.05, 0) is 45.0 Å². The van der Waals surface area contributed by atoms with E-state index in [1.807, 2.05) is 27.0 Å². The molecule has 25 heavy (non-hydrogen) atoms. The van der Waals surface area contributed by atoms with Crippen LogP contribution in [0.5, 0.6) is 0 Å². The third kappa shape index (κ3) is 3.61. The molecule has 0 spiro atoms. The summed E-state index contributed by atoms with van der Waals surface area (Å²) in [5.41, 5.74) is 2.89. The molecule has 0 amide bonds. The average Bonchev–Trinajstić information content (AvgIpc) is 3.22. The summed E-state index contributed by atoms with van der Waals surface area (Å²) in [6.07, 6.45) is 2.55. The van der Waals surface area contributed by atoms with Crippen LogP contribution in [-0.4, -0.2) is 20.0 Å². The summed E-state index contributed by atoms with van der Waals surface area (Å²) in [6, 6.07) is 6.26. The maximum absolute atomic E-state index is 13.1. The van der Waals surface area contributed by atoms with E-state index in [4.69, 9.17) is 4.42 Å². The number of nitrogens with one attached hydrogen (secondary N) is 1. The Morgan fingerprint density at radius 2 is 1.88 bits per heavy atom. The summed E-state index contributed by atoms with van der Waals surface area (Å²) in [7, 11) is 0. The van der Waals surface area contributed by atoms with E-state index in [1.54, 1.807) is 16.8 Å². The highest BCUT2D eigenvalue weighted by molar-refractivity contribution is 5.35. The molecular formula is C18H22FN5O. The fourth-order valence-corrected chi connectivity index (χ4v) is 2.81. The molecule has 0 bridgehead atoms. The Kier molecular flexibility index (Phi) is 4.94. The molecule has 2 heterocycles. The Morgan fingerprint density at radius 1 is 1.16 bits per heavy atom. The zero-order valence-corrected chi connectivity index (χ0v) is 14.8. The summed E-state index contributed by atoms with van der Waals surface area (Å²) in [4.78, 5) is 0. The highest BCUT2D eigenvalue weighted by atomic mass is 19.1. The van der Waals surface area contributed by atoms with Gasteiger partial charge in [-0.15, -0.1) is 10.2 Å². The lowest BCUT2D eigenvalue weighted by atomic mass is 10.1. The summed E-state index contributed by atoms with van der Waals surface area (Å²) in [5, 5.41) is 16.0. The lowest BCUT2D eigenvalue weighted by Crippen LogP contribution is -2.23. The summed E-state index contributed by atoms with van der Waals surface area (Å²) < 4.78 is 20.5. The van der Waals surface area contributed by atoms with E-state index in [1.165, 1.54) is 12.1 Å². The van der Waals surface area contributed by atoms with Gasteiger partial charge in [0.1, 0.15) is 5.82 Å². The number of rotatable bonds is 6. The minimum absolute atomic E-state index is 0.0428. The van der Waals surface area contributed by atoms with Crippen molar-refractivity contribution in [1.82, 2.24) is 25.3 Å². The normalized spacial score (nSPS) is 13.8. The maximum Gasteiger partial charge on any atom is 0.233 e. The molecule has 1 N–H and O–H groups in total. The fraction of sp³-hybridized carbons (Fsp3) is 0.389. The van der Waals surface area contributed by atoms with Crippen molar-refractivity contribution in [3.05, 3.63) is 59.3 Å². The van der Waals surface area contributed by atoms with Crippen LogP contribution in [0.4, 0.5) is 4.39 Å². The van der Waals surface area contributed by atoms with Crippen LogP contribution < -0.4 is 5.32 Å². The van der Waals surface area contributed by atoms with Crippen molar-refractivity contribution in [2.24, 2.45) is 0 Å². The number of benzene rings is 1. The van der Waals surface area contributed by atoms with Crippen LogP contribution in [0.2, 0.25) is 0 Å². The van der Waals surface area contributed by atoms with E-state index < -0.39 is 0 Å². The first-order valence-corrected chi connectivity index (χ1v) is 8.38. The average molecular weight is 343 g/mol. The Balaban J connectivity index is 1.76. The Bertz CT molecular complexity index is 840. The number of hydrogen-bond donors (Lipinski definition) is 1. The molecule has 0 aliphatic rings. The van der Waals surface area contributed by atoms with Gasteiger partial charge in [0.2, 0.25) is 11.8 Å². The lowest BCUT2D eigenvalue weighted by Gasteiger charge is -2.17. The maximum atomic E-state index is 13.1. The molecule has 3 aromatic rings. The van der Waals surface area contributed by atoms with Crippen LogP contribution in [0.25, 0.3) is 5.69 Å². The van der Waals surface area contributed by atoms with Crippen molar-refractivity contribution < 1.29 is 8.81 Å². The molecule has 132 valence electrons. The predicted molar refractivity (Wildman–Crippen MR) is 91.9 cm³/mol. The molecule has 6 nitrogen and oxygen atoms in total. The van der Waals surface area contributed by atoms with Crippen LogP contribution in [0.3, 0.4) is 0 Å². The molecule has 3 rings (SSSR count). The molecule has 0 saturated carbocycles. The van der Waals surface area contributed by atoms with E-state index in [0.29, 0.717) is 11.8 Å². The van der Waals surface area contributed by atoms with Crippen molar-refractivity contribution in [1.29, 1.82) is 0 Å². The summed E-state index contributed by atoms with van der Waals surface area (Å²) in [6.45, 7) is 8.03. The summed E-state index contributed by atoms with van der Waals surface area (Å²) in [5.74, 6) is 0.951. The number of aromatic nitrogens is 4. The van der Waals surface area contributed by atoms with Gasteiger partial charge in [0.25, 0.3) is 0 Å². The van der Waals surface area contributed by atoms with Gasteiger partial charge in [-0.25, -0.2) is 9.07 Å². The van der Waals surface area contributed by atoms with E-state index in [-0.39, 0.29) is 17.9 Å². The first-order chi connectivity index (χ1) is 12.0. The Morgan fingerprint density at radius 3 is 2.52 bits per heavy atom. The van der Waals surface area contributed by atoms with Gasteiger partial charge in [0.15, 0.2) is 0 Å². The van der Waals surface area contributed by atoms with Crippen molar-refractivity contribution >= 4 is 0 Å². The molecule has 0 fully saturated rings. The zero-order valence-electron chi connectivity index (χ0n) is 14.8. The van der Waals surface area contributed by atoms with Crippen molar-refractivity contribution in [3.8, 4) is 5.69 Å². The Labute approximate surface area is 146 Å². The highest BCUT2D eigenvalue weighted by Crippen LogP contribution is 2.23. The third-order valence-electron chi connectivity index (χ3n) is 4.24. The minimum Gasteiger partial charge on any atom is -0.424 e. The molecular weight excluding hydrogens is 321 g/mol. The molecule has 7 heteroatoms. The third-order valence-corrected chi connectivity index (χ3v) is 4.24. The van der Waals surface area contributed by atoms with Crippen LogP contribution in [0.15, 0.2) is 34.9 Å². The number of hydrogen-bond acceptors (Lipinski definition) is 5. The van der Waals surface area contributed by atoms with Crippen LogP contribution in [0.1, 0.15) is 55.9 Å². The topological polar surface area (TPSA) is 68.8 Å². The SMILES string of the molecule is CCc1nnc([C@@H](C)N[C@@H](C)c2cnn(-c3ccc(F)cc3)c2C)o1. The van der Waals surface area contributed by atoms with Gasteiger partial charge < -0.3 is 4.42 Å². The second-order valence-corrected chi connectivity index (χ2v) is 6.07. The molecule has 2 aromatic heterocycles. The lowest BCUT2D eigenvalue weighted by molar-refractivity contribution is 0.374. The molecule has 0 saturated heterocycles. The molecule has 0 radical (unpaired) electrons. The van der Waals surface area contributed by atoms with Gasteiger partial charge in [0.05, 0.1) is 17.9 Å². The molecule has 0 aliphatic carbocycles. The molecule has 2 atom stereocenters.